The van der Waals surface area contributed by atoms with E-state index in [1.165, 1.54) is 0 Å². The summed E-state index contributed by atoms with van der Waals surface area (Å²) in [4.78, 5) is -0.325. The summed E-state index contributed by atoms with van der Waals surface area (Å²) >= 11 is 5.90. The van der Waals surface area contributed by atoms with Crippen LogP contribution in [0.1, 0.15) is 13.8 Å². The number of rotatable bonds is 5. The summed E-state index contributed by atoms with van der Waals surface area (Å²) in [6, 6.07) is 2.40. The Kier molecular flexibility index (Phi) is 5.07. The van der Waals surface area contributed by atoms with Crippen molar-refractivity contribution in [1.29, 1.82) is 0 Å². The predicted molar refractivity (Wildman–Crippen MR) is 66.0 cm³/mol. The number of halogens is 3. The first-order valence-electron chi connectivity index (χ1n) is 5.33. The number of sulfonamides is 1. The molecule has 0 radical (unpaired) electrons. The van der Waals surface area contributed by atoms with E-state index >= 15 is 0 Å². The quantitative estimate of drug-likeness (QED) is 0.849. The molecular formula is C11H14ClF2NO2S. The highest BCUT2D eigenvalue weighted by atomic mass is 35.5. The first-order chi connectivity index (χ1) is 8.24. The van der Waals surface area contributed by atoms with Crippen molar-refractivity contribution < 1.29 is 17.2 Å². The van der Waals surface area contributed by atoms with Crippen molar-refractivity contribution in [3.05, 3.63) is 29.8 Å². The first-order valence-corrected chi connectivity index (χ1v) is 7.25. The van der Waals surface area contributed by atoms with Gasteiger partial charge in [-0.25, -0.2) is 21.9 Å². The van der Waals surface area contributed by atoms with Crippen LogP contribution in [0.5, 0.6) is 0 Å². The zero-order valence-corrected chi connectivity index (χ0v) is 11.5. The molecule has 0 fully saturated rings. The van der Waals surface area contributed by atoms with Crippen molar-refractivity contribution in [3.63, 3.8) is 0 Å². The van der Waals surface area contributed by atoms with Crippen LogP contribution in [0.4, 0.5) is 8.78 Å². The van der Waals surface area contributed by atoms with Gasteiger partial charge in [0.2, 0.25) is 10.0 Å². The molecule has 0 aliphatic heterocycles. The second kappa shape index (κ2) is 5.95. The monoisotopic (exact) mass is 297 g/mol. The predicted octanol–water partition coefficient (Wildman–Crippen LogP) is 2.51. The molecular weight excluding hydrogens is 284 g/mol. The Morgan fingerprint density at radius 3 is 2.39 bits per heavy atom. The van der Waals surface area contributed by atoms with E-state index in [9.17, 15) is 17.2 Å². The molecule has 1 unspecified atom stereocenters. The largest absolute Gasteiger partial charge is 0.240 e. The van der Waals surface area contributed by atoms with Crippen LogP contribution in [-0.2, 0) is 10.0 Å². The van der Waals surface area contributed by atoms with Crippen LogP contribution in [0.25, 0.3) is 0 Å². The summed E-state index contributed by atoms with van der Waals surface area (Å²) < 4.78 is 51.4. The van der Waals surface area contributed by atoms with Crippen LogP contribution in [0.15, 0.2) is 23.1 Å². The Balaban J connectivity index is 2.83. The van der Waals surface area contributed by atoms with E-state index in [1.54, 1.807) is 0 Å². The Hall–Kier alpha value is -0.720. The summed E-state index contributed by atoms with van der Waals surface area (Å²) in [7, 11) is -3.87. The molecule has 1 rings (SSSR count). The smallest absolute Gasteiger partial charge is 0.210 e. The van der Waals surface area contributed by atoms with E-state index in [1.807, 2.05) is 13.8 Å². The summed E-state index contributed by atoms with van der Waals surface area (Å²) in [6.07, 6.45) is 0. The zero-order chi connectivity index (χ0) is 13.9. The number of hydrogen-bond donors (Lipinski definition) is 1. The highest BCUT2D eigenvalue weighted by Gasteiger charge is 2.19. The zero-order valence-electron chi connectivity index (χ0n) is 9.95. The second-order valence-corrected chi connectivity index (χ2v) is 6.52. The lowest BCUT2D eigenvalue weighted by Crippen LogP contribution is -2.32. The highest BCUT2D eigenvalue weighted by Crippen LogP contribution is 2.14. The van der Waals surface area contributed by atoms with Crippen LogP contribution in [0, 0.1) is 17.6 Å². The van der Waals surface area contributed by atoms with Crippen molar-refractivity contribution in [2.45, 2.75) is 24.1 Å². The SMILES string of the molecule is CC(C)C(Cl)CNS(=O)(=O)c1ccc(F)c(F)c1. The molecule has 1 N–H and O–H groups in total. The topological polar surface area (TPSA) is 46.2 Å². The van der Waals surface area contributed by atoms with Gasteiger partial charge in [-0.05, 0) is 24.1 Å². The molecule has 3 nitrogen and oxygen atoms in total. The maximum Gasteiger partial charge on any atom is 0.240 e. The van der Waals surface area contributed by atoms with E-state index in [-0.39, 0.29) is 22.7 Å². The minimum absolute atomic E-state index is 0.0283. The van der Waals surface area contributed by atoms with Crippen LogP contribution < -0.4 is 4.72 Å². The molecule has 0 saturated carbocycles. The van der Waals surface area contributed by atoms with E-state index < -0.39 is 21.7 Å². The number of nitrogens with one attached hydrogen (secondary N) is 1. The average molecular weight is 298 g/mol. The fourth-order valence-corrected chi connectivity index (χ4v) is 2.39. The van der Waals surface area contributed by atoms with Crippen molar-refractivity contribution in [3.8, 4) is 0 Å². The van der Waals surface area contributed by atoms with Crippen molar-refractivity contribution in [1.82, 2.24) is 4.72 Å². The lowest BCUT2D eigenvalue weighted by atomic mass is 10.1. The maximum atomic E-state index is 12.9. The van der Waals surface area contributed by atoms with Gasteiger partial charge < -0.3 is 0 Å². The Morgan fingerprint density at radius 1 is 1.28 bits per heavy atom. The summed E-state index contributed by atoms with van der Waals surface area (Å²) in [5.74, 6) is -2.20. The molecule has 0 aliphatic carbocycles. The minimum Gasteiger partial charge on any atom is -0.210 e. The molecule has 102 valence electrons. The number of hydrogen-bond acceptors (Lipinski definition) is 2. The first kappa shape index (κ1) is 15.3. The Morgan fingerprint density at radius 2 is 1.89 bits per heavy atom. The van der Waals surface area contributed by atoms with Gasteiger partial charge in [0.25, 0.3) is 0 Å². The number of alkyl halides is 1. The maximum absolute atomic E-state index is 12.9. The van der Waals surface area contributed by atoms with Gasteiger partial charge in [-0.2, -0.15) is 0 Å². The fourth-order valence-electron chi connectivity index (χ4n) is 1.15. The van der Waals surface area contributed by atoms with Crippen molar-refractivity contribution in [2.24, 2.45) is 5.92 Å². The summed E-state index contributed by atoms with van der Waals surface area (Å²) in [5.41, 5.74) is 0. The normalized spacial score (nSPS) is 13.9. The lowest BCUT2D eigenvalue weighted by molar-refractivity contribution is 0.503. The molecule has 0 spiro atoms. The van der Waals surface area contributed by atoms with Crippen LogP contribution in [0.2, 0.25) is 0 Å². The third kappa shape index (κ3) is 3.90. The molecule has 0 amide bonds. The van der Waals surface area contributed by atoms with Gasteiger partial charge in [0.1, 0.15) is 0 Å². The molecule has 1 aromatic carbocycles. The Labute approximate surface area is 110 Å². The Bertz CT molecular complexity index is 520. The van der Waals surface area contributed by atoms with E-state index in [2.05, 4.69) is 4.72 Å². The molecule has 18 heavy (non-hydrogen) atoms. The minimum atomic E-state index is -3.87. The molecule has 7 heteroatoms. The van der Waals surface area contributed by atoms with Crippen LogP contribution >= 0.6 is 11.6 Å². The number of benzene rings is 1. The third-order valence-electron chi connectivity index (χ3n) is 2.39. The molecule has 0 bridgehead atoms. The third-order valence-corrected chi connectivity index (χ3v) is 4.47. The van der Waals surface area contributed by atoms with Gasteiger partial charge in [-0.15, -0.1) is 11.6 Å². The average Bonchev–Trinajstić information content (AvgIpc) is 2.29. The van der Waals surface area contributed by atoms with Gasteiger partial charge in [-0.3, -0.25) is 0 Å². The van der Waals surface area contributed by atoms with Gasteiger partial charge in [0.05, 0.1) is 4.90 Å². The lowest BCUT2D eigenvalue weighted by Gasteiger charge is -2.14. The molecule has 1 aromatic rings. The van der Waals surface area contributed by atoms with E-state index in [4.69, 9.17) is 11.6 Å². The molecule has 0 aromatic heterocycles. The molecule has 1 atom stereocenters. The van der Waals surface area contributed by atoms with Crippen LogP contribution in [0.3, 0.4) is 0 Å². The van der Waals surface area contributed by atoms with Crippen molar-refractivity contribution >= 4 is 21.6 Å². The van der Waals surface area contributed by atoms with E-state index in [0.717, 1.165) is 12.1 Å². The van der Waals surface area contributed by atoms with E-state index in [0.29, 0.717) is 6.07 Å². The second-order valence-electron chi connectivity index (χ2n) is 4.19. The van der Waals surface area contributed by atoms with Crippen molar-refractivity contribution in [2.75, 3.05) is 6.54 Å². The fraction of sp³-hybridized carbons (Fsp3) is 0.455. The summed E-state index contributed by atoms with van der Waals surface area (Å²) in [5, 5.41) is -0.370. The highest BCUT2D eigenvalue weighted by molar-refractivity contribution is 7.89. The molecule has 0 saturated heterocycles. The molecule has 0 heterocycles. The van der Waals surface area contributed by atoms with Gasteiger partial charge in [0.15, 0.2) is 11.6 Å². The summed E-state index contributed by atoms with van der Waals surface area (Å²) in [6.45, 7) is 3.73. The van der Waals surface area contributed by atoms with Gasteiger partial charge >= 0.3 is 0 Å². The van der Waals surface area contributed by atoms with Gasteiger partial charge in [0, 0.05) is 11.9 Å². The van der Waals surface area contributed by atoms with Crippen LogP contribution in [-0.4, -0.2) is 20.3 Å². The van der Waals surface area contributed by atoms with Gasteiger partial charge in [-0.1, -0.05) is 13.8 Å². The molecule has 0 aliphatic rings. The standard InChI is InChI=1S/C11H14ClF2NO2S/c1-7(2)9(12)6-15-18(16,17)8-3-4-10(13)11(14)5-8/h3-5,7,9,15H,6H2,1-2H3.